The molecule has 0 aromatic carbocycles. The van der Waals surface area contributed by atoms with Crippen LogP contribution in [0.2, 0.25) is 0 Å². The topological polar surface area (TPSA) is 26.3 Å². The van der Waals surface area contributed by atoms with Crippen LogP contribution in [0.3, 0.4) is 0 Å². The van der Waals surface area contributed by atoms with Crippen molar-refractivity contribution in [3.8, 4) is 0 Å². The molecule has 4 unspecified atom stereocenters. The highest BCUT2D eigenvalue weighted by Gasteiger charge is 2.50. The van der Waals surface area contributed by atoms with Gasteiger partial charge < -0.3 is 4.74 Å². The van der Waals surface area contributed by atoms with Gasteiger partial charge in [0.25, 0.3) is 0 Å². The van der Waals surface area contributed by atoms with Crippen molar-refractivity contribution in [3.05, 3.63) is 11.6 Å². The zero-order valence-corrected chi connectivity index (χ0v) is 9.24. The van der Waals surface area contributed by atoms with Crippen molar-refractivity contribution in [3.63, 3.8) is 0 Å². The van der Waals surface area contributed by atoms with Crippen LogP contribution < -0.4 is 0 Å². The SMILES string of the molecule is CCC(=O)OC1C=C2CC1C1CCCC21. The molecule has 0 radical (unpaired) electrons. The van der Waals surface area contributed by atoms with Gasteiger partial charge in [-0.15, -0.1) is 0 Å². The van der Waals surface area contributed by atoms with Gasteiger partial charge in [-0.25, -0.2) is 0 Å². The summed E-state index contributed by atoms with van der Waals surface area (Å²) < 4.78 is 5.49. The van der Waals surface area contributed by atoms with E-state index in [9.17, 15) is 4.79 Å². The molecular weight excluding hydrogens is 188 g/mol. The molecule has 0 amide bonds. The Balaban J connectivity index is 1.75. The lowest BCUT2D eigenvalue weighted by molar-refractivity contribution is -0.149. The third kappa shape index (κ3) is 1.34. The van der Waals surface area contributed by atoms with E-state index >= 15 is 0 Å². The van der Waals surface area contributed by atoms with Gasteiger partial charge in [0.2, 0.25) is 0 Å². The molecule has 0 spiro atoms. The molecule has 82 valence electrons. The van der Waals surface area contributed by atoms with Crippen molar-refractivity contribution in [1.29, 1.82) is 0 Å². The number of esters is 1. The molecule has 0 heterocycles. The summed E-state index contributed by atoms with van der Waals surface area (Å²) in [6.07, 6.45) is 8.17. The molecular formula is C13H18O2. The number of hydrogen-bond acceptors (Lipinski definition) is 2. The van der Waals surface area contributed by atoms with Crippen LogP contribution in [0.15, 0.2) is 11.6 Å². The van der Waals surface area contributed by atoms with Crippen molar-refractivity contribution < 1.29 is 9.53 Å². The van der Waals surface area contributed by atoms with E-state index in [0.29, 0.717) is 12.3 Å². The summed E-state index contributed by atoms with van der Waals surface area (Å²) in [6.45, 7) is 1.86. The fourth-order valence-corrected chi connectivity index (χ4v) is 3.78. The molecule has 2 fully saturated rings. The van der Waals surface area contributed by atoms with Gasteiger partial charge in [-0.1, -0.05) is 18.9 Å². The Labute approximate surface area is 90.7 Å². The molecule has 2 heteroatoms. The van der Waals surface area contributed by atoms with Crippen molar-refractivity contribution >= 4 is 5.97 Å². The van der Waals surface area contributed by atoms with Crippen molar-refractivity contribution in [1.82, 2.24) is 0 Å². The lowest BCUT2D eigenvalue weighted by Gasteiger charge is -2.26. The van der Waals surface area contributed by atoms with Gasteiger partial charge in [0.05, 0.1) is 0 Å². The Morgan fingerprint density at radius 3 is 3.13 bits per heavy atom. The third-order valence-corrected chi connectivity index (χ3v) is 4.42. The van der Waals surface area contributed by atoms with Gasteiger partial charge in [0.1, 0.15) is 6.10 Å². The zero-order valence-electron chi connectivity index (χ0n) is 9.24. The predicted octanol–water partition coefficient (Wildman–Crippen LogP) is 2.68. The van der Waals surface area contributed by atoms with E-state index in [1.165, 1.54) is 25.7 Å². The summed E-state index contributed by atoms with van der Waals surface area (Å²) in [6, 6.07) is 0. The molecule has 3 aliphatic carbocycles. The van der Waals surface area contributed by atoms with Gasteiger partial charge in [0, 0.05) is 12.3 Å². The van der Waals surface area contributed by atoms with Crippen LogP contribution in [0.4, 0.5) is 0 Å². The lowest BCUT2D eigenvalue weighted by Crippen LogP contribution is -2.28. The second-order valence-electron chi connectivity index (χ2n) is 5.12. The third-order valence-electron chi connectivity index (χ3n) is 4.42. The first kappa shape index (κ1) is 9.44. The Hall–Kier alpha value is -0.790. The molecule has 0 N–H and O–H groups in total. The fourth-order valence-electron chi connectivity index (χ4n) is 3.78. The van der Waals surface area contributed by atoms with E-state index in [4.69, 9.17) is 4.74 Å². The summed E-state index contributed by atoms with van der Waals surface area (Å²) in [7, 11) is 0. The number of carbonyl (C=O) groups excluding carboxylic acids is 1. The molecule has 3 aliphatic rings. The van der Waals surface area contributed by atoms with Crippen LogP contribution in [0.1, 0.15) is 39.0 Å². The largest absolute Gasteiger partial charge is 0.458 e. The maximum absolute atomic E-state index is 11.3. The van der Waals surface area contributed by atoms with E-state index < -0.39 is 0 Å². The van der Waals surface area contributed by atoms with Crippen LogP contribution in [0.25, 0.3) is 0 Å². The molecule has 3 rings (SSSR count). The number of rotatable bonds is 2. The maximum atomic E-state index is 11.3. The monoisotopic (exact) mass is 206 g/mol. The highest BCUT2D eigenvalue weighted by atomic mass is 16.5. The molecule has 15 heavy (non-hydrogen) atoms. The first-order valence-corrected chi connectivity index (χ1v) is 6.19. The van der Waals surface area contributed by atoms with E-state index in [1.807, 2.05) is 6.92 Å². The smallest absolute Gasteiger partial charge is 0.306 e. The molecule has 0 aliphatic heterocycles. The molecule has 0 saturated heterocycles. The Morgan fingerprint density at radius 2 is 2.33 bits per heavy atom. The molecule has 0 aromatic heterocycles. The van der Waals surface area contributed by atoms with Gasteiger partial charge in [0.15, 0.2) is 0 Å². The zero-order chi connectivity index (χ0) is 10.4. The first-order valence-electron chi connectivity index (χ1n) is 6.19. The van der Waals surface area contributed by atoms with Crippen molar-refractivity contribution in [2.75, 3.05) is 0 Å². The molecule has 2 nitrogen and oxygen atoms in total. The number of fused-ring (bicyclic) bond motifs is 5. The lowest BCUT2D eigenvalue weighted by atomic mass is 9.85. The standard InChI is InChI=1S/C13H18O2/c1-2-13(14)15-12-7-8-6-11(12)10-5-3-4-9(8)10/h7,9-12H,2-6H2,1H3. The summed E-state index contributed by atoms with van der Waals surface area (Å²) in [5.74, 6) is 2.27. The molecule has 2 bridgehead atoms. The summed E-state index contributed by atoms with van der Waals surface area (Å²) in [4.78, 5) is 11.3. The second kappa shape index (κ2) is 3.36. The minimum atomic E-state index is -0.0426. The fraction of sp³-hybridized carbons (Fsp3) is 0.769. The molecule has 4 atom stereocenters. The van der Waals surface area contributed by atoms with Crippen LogP contribution in [0.5, 0.6) is 0 Å². The molecule has 0 aromatic rings. The highest BCUT2D eigenvalue weighted by molar-refractivity contribution is 5.69. The van der Waals surface area contributed by atoms with Crippen LogP contribution in [0, 0.1) is 17.8 Å². The van der Waals surface area contributed by atoms with Crippen LogP contribution in [-0.2, 0) is 9.53 Å². The summed E-state index contributed by atoms with van der Waals surface area (Å²) >= 11 is 0. The number of allylic oxidation sites excluding steroid dienone is 1. The maximum Gasteiger partial charge on any atom is 0.306 e. The molecule has 2 saturated carbocycles. The second-order valence-corrected chi connectivity index (χ2v) is 5.12. The van der Waals surface area contributed by atoms with Gasteiger partial charge in [-0.2, -0.15) is 0 Å². The van der Waals surface area contributed by atoms with Crippen molar-refractivity contribution in [2.24, 2.45) is 17.8 Å². The van der Waals surface area contributed by atoms with Gasteiger partial charge >= 0.3 is 5.97 Å². The highest BCUT2D eigenvalue weighted by Crippen LogP contribution is 2.56. The van der Waals surface area contributed by atoms with E-state index in [0.717, 1.165) is 11.8 Å². The Morgan fingerprint density at radius 1 is 1.47 bits per heavy atom. The normalized spacial score (nSPS) is 41.5. The first-order chi connectivity index (χ1) is 7.29. The summed E-state index contributed by atoms with van der Waals surface area (Å²) in [5, 5.41) is 0. The predicted molar refractivity (Wildman–Crippen MR) is 57.2 cm³/mol. The van der Waals surface area contributed by atoms with Crippen LogP contribution >= 0.6 is 0 Å². The Kier molecular flexibility index (Phi) is 2.11. The van der Waals surface area contributed by atoms with Crippen molar-refractivity contribution in [2.45, 2.75) is 45.1 Å². The minimum absolute atomic E-state index is 0.0426. The summed E-state index contributed by atoms with van der Waals surface area (Å²) in [5.41, 5.74) is 1.59. The quantitative estimate of drug-likeness (QED) is 0.513. The van der Waals surface area contributed by atoms with Crippen LogP contribution in [-0.4, -0.2) is 12.1 Å². The average molecular weight is 206 g/mol. The van der Waals surface area contributed by atoms with E-state index in [-0.39, 0.29) is 12.1 Å². The van der Waals surface area contributed by atoms with Gasteiger partial charge in [-0.05, 0) is 37.2 Å². The minimum Gasteiger partial charge on any atom is -0.458 e. The Bertz CT molecular complexity index is 318. The number of carbonyl (C=O) groups is 1. The average Bonchev–Trinajstić information content (AvgIpc) is 2.87. The van der Waals surface area contributed by atoms with E-state index in [2.05, 4.69) is 6.08 Å². The van der Waals surface area contributed by atoms with Gasteiger partial charge in [-0.3, -0.25) is 4.79 Å². The number of ether oxygens (including phenoxy) is 1. The number of hydrogen-bond donors (Lipinski definition) is 0. The van der Waals surface area contributed by atoms with E-state index in [1.54, 1.807) is 5.57 Å².